The van der Waals surface area contributed by atoms with Crippen molar-refractivity contribution in [1.29, 1.82) is 0 Å². The van der Waals surface area contributed by atoms with Crippen molar-refractivity contribution < 1.29 is 19.4 Å². The highest BCUT2D eigenvalue weighted by Crippen LogP contribution is 2.21. The Bertz CT molecular complexity index is 738. The molecule has 0 aliphatic rings. The predicted octanol–water partition coefficient (Wildman–Crippen LogP) is 4.97. The summed E-state index contributed by atoms with van der Waals surface area (Å²) in [5.74, 6) is -0.474. The van der Waals surface area contributed by atoms with E-state index in [1.807, 2.05) is 74.5 Å². The van der Waals surface area contributed by atoms with Crippen molar-refractivity contribution >= 4 is 12.0 Å². The SMILES string of the molecule is CCCC([C@H](C)OC(=O)C(=Cc1ccccc1)OCc1ccccc1)[C@@H](C)O. The molecule has 0 aliphatic carbocycles. The number of aliphatic hydroxyl groups excluding tert-OH is 1. The molecule has 1 unspecified atom stereocenters. The lowest BCUT2D eigenvalue weighted by Crippen LogP contribution is -2.32. The molecule has 150 valence electrons. The Labute approximate surface area is 167 Å². The summed E-state index contributed by atoms with van der Waals surface area (Å²) < 4.78 is 11.5. The number of ether oxygens (including phenoxy) is 2. The number of hydrogen-bond donors (Lipinski definition) is 1. The van der Waals surface area contributed by atoms with E-state index >= 15 is 0 Å². The van der Waals surface area contributed by atoms with Gasteiger partial charge in [-0.25, -0.2) is 4.79 Å². The van der Waals surface area contributed by atoms with Crippen LogP contribution >= 0.6 is 0 Å². The summed E-state index contributed by atoms with van der Waals surface area (Å²) in [6, 6.07) is 19.2. The average Bonchev–Trinajstić information content (AvgIpc) is 2.70. The number of esters is 1. The van der Waals surface area contributed by atoms with E-state index in [2.05, 4.69) is 0 Å². The molecule has 0 aromatic heterocycles. The van der Waals surface area contributed by atoms with E-state index in [0.717, 1.165) is 24.0 Å². The molecule has 0 spiro atoms. The maximum atomic E-state index is 12.8. The third kappa shape index (κ3) is 6.86. The molecule has 2 aromatic rings. The molecule has 0 bridgehead atoms. The van der Waals surface area contributed by atoms with Crippen molar-refractivity contribution in [1.82, 2.24) is 0 Å². The maximum absolute atomic E-state index is 12.8. The summed E-state index contributed by atoms with van der Waals surface area (Å²) >= 11 is 0. The van der Waals surface area contributed by atoms with E-state index < -0.39 is 18.2 Å². The zero-order chi connectivity index (χ0) is 20.4. The van der Waals surface area contributed by atoms with E-state index in [4.69, 9.17) is 9.47 Å². The minimum Gasteiger partial charge on any atom is -0.482 e. The highest BCUT2D eigenvalue weighted by molar-refractivity contribution is 5.91. The van der Waals surface area contributed by atoms with Crippen LogP contribution in [0.1, 0.15) is 44.7 Å². The summed E-state index contributed by atoms with van der Waals surface area (Å²) in [6.45, 7) is 5.88. The molecule has 28 heavy (non-hydrogen) atoms. The molecule has 0 amide bonds. The number of hydrogen-bond acceptors (Lipinski definition) is 4. The Morgan fingerprint density at radius 2 is 1.64 bits per heavy atom. The van der Waals surface area contributed by atoms with Gasteiger partial charge in [0.2, 0.25) is 5.76 Å². The predicted molar refractivity (Wildman–Crippen MR) is 111 cm³/mol. The van der Waals surface area contributed by atoms with Gasteiger partial charge in [0, 0.05) is 5.92 Å². The summed E-state index contributed by atoms with van der Waals surface area (Å²) in [7, 11) is 0. The van der Waals surface area contributed by atoms with Crippen molar-refractivity contribution in [2.45, 2.75) is 52.4 Å². The smallest absolute Gasteiger partial charge is 0.373 e. The summed E-state index contributed by atoms with van der Waals surface area (Å²) in [5.41, 5.74) is 1.82. The van der Waals surface area contributed by atoms with Crippen LogP contribution in [-0.4, -0.2) is 23.3 Å². The molecule has 2 aromatic carbocycles. The molecular formula is C24H30O4. The quantitative estimate of drug-likeness (QED) is 0.358. The fourth-order valence-corrected chi connectivity index (χ4v) is 3.11. The lowest BCUT2D eigenvalue weighted by Gasteiger charge is -2.26. The van der Waals surface area contributed by atoms with Gasteiger partial charge in [-0.3, -0.25) is 0 Å². The van der Waals surface area contributed by atoms with Gasteiger partial charge in [-0.15, -0.1) is 0 Å². The lowest BCUT2D eigenvalue weighted by atomic mass is 9.93. The molecule has 1 N–H and O–H groups in total. The van der Waals surface area contributed by atoms with Crippen LogP contribution in [0.5, 0.6) is 0 Å². The largest absolute Gasteiger partial charge is 0.482 e. The van der Waals surface area contributed by atoms with Gasteiger partial charge in [-0.05, 0) is 37.5 Å². The van der Waals surface area contributed by atoms with E-state index in [-0.39, 0.29) is 18.3 Å². The zero-order valence-electron chi connectivity index (χ0n) is 16.9. The number of carbonyl (C=O) groups is 1. The second kappa shape index (κ2) is 11.3. The second-order valence-electron chi connectivity index (χ2n) is 7.00. The van der Waals surface area contributed by atoms with Crippen LogP contribution in [-0.2, 0) is 20.9 Å². The molecule has 0 saturated heterocycles. The van der Waals surface area contributed by atoms with Crippen LogP contribution in [0, 0.1) is 5.92 Å². The minimum atomic E-state index is -0.547. The Hall–Kier alpha value is -2.59. The van der Waals surface area contributed by atoms with Gasteiger partial charge in [-0.1, -0.05) is 74.0 Å². The lowest BCUT2D eigenvalue weighted by molar-refractivity contribution is -0.152. The first-order valence-corrected chi connectivity index (χ1v) is 9.83. The third-order valence-electron chi connectivity index (χ3n) is 4.67. The number of rotatable bonds is 10. The van der Waals surface area contributed by atoms with Crippen molar-refractivity contribution in [3.63, 3.8) is 0 Å². The second-order valence-corrected chi connectivity index (χ2v) is 7.00. The fraction of sp³-hybridized carbons (Fsp3) is 0.375. The average molecular weight is 383 g/mol. The van der Waals surface area contributed by atoms with Crippen LogP contribution in [0.4, 0.5) is 0 Å². The number of carbonyl (C=O) groups excluding carboxylic acids is 1. The van der Waals surface area contributed by atoms with Crippen LogP contribution < -0.4 is 0 Å². The molecular weight excluding hydrogens is 352 g/mol. The van der Waals surface area contributed by atoms with Crippen molar-refractivity contribution in [3.8, 4) is 0 Å². The summed E-state index contributed by atoms with van der Waals surface area (Å²) in [4.78, 5) is 12.8. The van der Waals surface area contributed by atoms with E-state index in [9.17, 15) is 9.90 Å². The first kappa shape index (κ1) is 21.7. The van der Waals surface area contributed by atoms with E-state index in [1.165, 1.54) is 0 Å². The molecule has 0 fully saturated rings. The van der Waals surface area contributed by atoms with Crippen LogP contribution in [0.3, 0.4) is 0 Å². The Morgan fingerprint density at radius 1 is 1.04 bits per heavy atom. The van der Waals surface area contributed by atoms with Crippen molar-refractivity contribution in [2.24, 2.45) is 5.92 Å². The normalized spacial score (nSPS) is 14.8. The minimum absolute atomic E-state index is 0.110. The van der Waals surface area contributed by atoms with Crippen LogP contribution in [0.2, 0.25) is 0 Å². The van der Waals surface area contributed by atoms with Gasteiger partial charge in [0.05, 0.1) is 6.10 Å². The van der Waals surface area contributed by atoms with Gasteiger partial charge >= 0.3 is 5.97 Å². The Balaban J connectivity index is 2.15. The van der Waals surface area contributed by atoms with Gasteiger partial charge in [0.15, 0.2) is 0 Å². The van der Waals surface area contributed by atoms with E-state index in [1.54, 1.807) is 13.0 Å². The third-order valence-corrected chi connectivity index (χ3v) is 4.67. The summed E-state index contributed by atoms with van der Waals surface area (Å²) in [6.07, 6.45) is 2.43. The summed E-state index contributed by atoms with van der Waals surface area (Å²) in [5, 5.41) is 10.0. The first-order chi connectivity index (χ1) is 13.5. The topological polar surface area (TPSA) is 55.8 Å². The highest BCUT2D eigenvalue weighted by atomic mass is 16.6. The molecule has 0 saturated carbocycles. The molecule has 4 nitrogen and oxygen atoms in total. The Morgan fingerprint density at radius 3 is 2.21 bits per heavy atom. The molecule has 0 aliphatic heterocycles. The molecule has 0 heterocycles. The van der Waals surface area contributed by atoms with Crippen molar-refractivity contribution in [2.75, 3.05) is 0 Å². The number of aliphatic hydroxyl groups is 1. The van der Waals surface area contributed by atoms with Gasteiger partial charge in [0.25, 0.3) is 0 Å². The molecule has 2 rings (SSSR count). The van der Waals surface area contributed by atoms with Gasteiger partial charge < -0.3 is 14.6 Å². The molecule has 0 radical (unpaired) electrons. The fourth-order valence-electron chi connectivity index (χ4n) is 3.11. The Kier molecular flexibility index (Phi) is 8.76. The molecule has 4 heteroatoms. The van der Waals surface area contributed by atoms with Gasteiger partial charge in [0.1, 0.15) is 12.7 Å². The van der Waals surface area contributed by atoms with Crippen LogP contribution in [0.15, 0.2) is 66.4 Å². The van der Waals surface area contributed by atoms with E-state index in [0.29, 0.717) is 0 Å². The highest BCUT2D eigenvalue weighted by Gasteiger charge is 2.26. The van der Waals surface area contributed by atoms with Crippen molar-refractivity contribution in [3.05, 3.63) is 77.5 Å². The van der Waals surface area contributed by atoms with Crippen LogP contribution in [0.25, 0.3) is 6.08 Å². The first-order valence-electron chi connectivity index (χ1n) is 9.83. The monoisotopic (exact) mass is 382 g/mol. The molecule has 3 atom stereocenters. The standard InChI is InChI=1S/C24H30O4/c1-4-11-22(18(2)25)19(3)28-24(26)23(16-20-12-7-5-8-13-20)27-17-21-14-9-6-10-15-21/h5-10,12-16,18-19,22,25H,4,11,17H2,1-3H3/t18-,19+,22?/m1/s1. The number of benzene rings is 2. The maximum Gasteiger partial charge on any atom is 0.373 e. The zero-order valence-corrected chi connectivity index (χ0v) is 16.9. The van der Waals surface area contributed by atoms with Gasteiger partial charge in [-0.2, -0.15) is 0 Å².